The van der Waals surface area contributed by atoms with E-state index in [0.717, 1.165) is 19.3 Å². The van der Waals surface area contributed by atoms with Gasteiger partial charge in [-0.3, -0.25) is 4.79 Å². The second kappa shape index (κ2) is 5.91. The first-order valence-electron chi connectivity index (χ1n) is 7.86. The van der Waals surface area contributed by atoms with Crippen molar-refractivity contribution in [2.75, 3.05) is 13.1 Å². The van der Waals surface area contributed by atoms with Crippen LogP contribution in [0.2, 0.25) is 0 Å². The lowest BCUT2D eigenvalue weighted by molar-refractivity contribution is -0.140. The molecule has 0 bridgehead atoms. The number of likely N-dealkylation sites (tertiary alicyclic amines) is 1. The van der Waals surface area contributed by atoms with Gasteiger partial charge in [-0.05, 0) is 25.3 Å². The van der Waals surface area contributed by atoms with Gasteiger partial charge in [-0.25, -0.2) is 9.97 Å². The fraction of sp³-hybridized carbons (Fsp3) is 0.438. The second-order valence-electron chi connectivity index (χ2n) is 5.95. The second-order valence-corrected chi connectivity index (χ2v) is 5.95. The summed E-state index contributed by atoms with van der Waals surface area (Å²) in [5, 5.41) is 3.93. The molecule has 1 aliphatic heterocycles. The highest BCUT2D eigenvalue weighted by atomic mass is 16.5. The van der Waals surface area contributed by atoms with E-state index in [1.807, 2.05) is 4.90 Å². The summed E-state index contributed by atoms with van der Waals surface area (Å²) in [6.07, 6.45) is 10.3. The molecule has 0 spiro atoms. The van der Waals surface area contributed by atoms with E-state index in [4.69, 9.17) is 4.52 Å². The van der Waals surface area contributed by atoms with Crippen molar-refractivity contribution >= 4 is 5.91 Å². The van der Waals surface area contributed by atoms with Crippen molar-refractivity contribution in [2.24, 2.45) is 5.92 Å². The molecule has 2 aliphatic rings. The van der Waals surface area contributed by atoms with Crippen LogP contribution in [0.25, 0.3) is 11.6 Å². The van der Waals surface area contributed by atoms with Gasteiger partial charge in [0.2, 0.25) is 23.4 Å². The molecule has 23 heavy (non-hydrogen) atoms. The molecule has 0 aromatic carbocycles. The first-order chi connectivity index (χ1) is 11.3. The Morgan fingerprint density at radius 1 is 1.17 bits per heavy atom. The summed E-state index contributed by atoms with van der Waals surface area (Å²) < 4.78 is 5.31. The number of carbonyl (C=O) groups excluding carboxylic acids is 1. The number of allylic oxidation sites excluding steroid dienone is 2. The van der Waals surface area contributed by atoms with Gasteiger partial charge in [-0.1, -0.05) is 17.3 Å². The molecule has 7 heteroatoms. The van der Waals surface area contributed by atoms with E-state index < -0.39 is 0 Å². The molecule has 118 valence electrons. The van der Waals surface area contributed by atoms with Gasteiger partial charge >= 0.3 is 0 Å². The standard InChI is InChI=1S/C16H17N5O2/c22-16(11-5-2-1-3-6-11)21-9-12(10-21)15-19-14(20-23-15)13-17-7-4-8-18-13/h1-2,4,7-8,11-12H,3,5-6,9-10H2. The number of aromatic nitrogens is 4. The lowest BCUT2D eigenvalue weighted by Gasteiger charge is -2.39. The van der Waals surface area contributed by atoms with Crippen LogP contribution in [0.3, 0.4) is 0 Å². The van der Waals surface area contributed by atoms with Crippen LogP contribution in [-0.4, -0.2) is 44.0 Å². The summed E-state index contributed by atoms with van der Waals surface area (Å²) in [5.41, 5.74) is 0. The Bertz CT molecular complexity index is 721. The van der Waals surface area contributed by atoms with Crippen LogP contribution in [0.15, 0.2) is 35.1 Å². The molecule has 0 saturated carbocycles. The third-order valence-corrected chi connectivity index (χ3v) is 4.37. The van der Waals surface area contributed by atoms with Gasteiger partial charge in [0.05, 0.1) is 5.92 Å². The average molecular weight is 311 g/mol. The zero-order valence-corrected chi connectivity index (χ0v) is 12.6. The molecule has 2 aromatic rings. The molecule has 7 nitrogen and oxygen atoms in total. The molecule has 3 heterocycles. The number of hydrogen-bond donors (Lipinski definition) is 0. The highest BCUT2D eigenvalue weighted by Crippen LogP contribution is 2.30. The molecule has 1 aliphatic carbocycles. The van der Waals surface area contributed by atoms with E-state index in [-0.39, 0.29) is 17.7 Å². The quantitative estimate of drug-likeness (QED) is 0.804. The van der Waals surface area contributed by atoms with Crippen molar-refractivity contribution in [2.45, 2.75) is 25.2 Å². The number of rotatable bonds is 3. The summed E-state index contributed by atoms with van der Waals surface area (Å²) in [6.45, 7) is 1.30. The van der Waals surface area contributed by atoms with Gasteiger partial charge in [0, 0.05) is 31.4 Å². The van der Waals surface area contributed by atoms with Gasteiger partial charge in [-0.2, -0.15) is 4.98 Å². The molecule has 1 fully saturated rings. The number of carbonyl (C=O) groups is 1. The molecule has 0 N–H and O–H groups in total. The molecule has 2 aromatic heterocycles. The predicted molar refractivity (Wildman–Crippen MR) is 81.1 cm³/mol. The minimum absolute atomic E-state index is 0.114. The maximum Gasteiger partial charge on any atom is 0.240 e. The first-order valence-corrected chi connectivity index (χ1v) is 7.86. The van der Waals surface area contributed by atoms with Gasteiger partial charge in [0.15, 0.2) is 0 Å². The maximum atomic E-state index is 12.4. The van der Waals surface area contributed by atoms with Crippen molar-refractivity contribution in [1.82, 2.24) is 25.0 Å². The van der Waals surface area contributed by atoms with E-state index in [0.29, 0.717) is 30.6 Å². The van der Waals surface area contributed by atoms with Crippen LogP contribution in [-0.2, 0) is 4.79 Å². The smallest absolute Gasteiger partial charge is 0.240 e. The maximum absolute atomic E-state index is 12.4. The minimum Gasteiger partial charge on any atom is -0.341 e. The molecule has 0 radical (unpaired) electrons. The highest BCUT2D eigenvalue weighted by molar-refractivity contribution is 5.80. The van der Waals surface area contributed by atoms with Crippen molar-refractivity contribution in [3.05, 3.63) is 36.5 Å². The summed E-state index contributed by atoms with van der Waals surface area (Å²) in [7, 11) is 0. The highest BCUT2D eigenvalue weighted by Gasteiger charge is 2.38. The van der Waals surface area contributed by atoms with Crippen LogP contribution in [0.5, 0.6) is 0 Å². The van der Waals surface area contributed by atoms with E-state index in [1.54, 1.807) is 18.5 Å². The largest absolute Gasteiger partial charge is 0.341 e. The van der Waals surface area contributed by atoms with E-state index in [2.05, 4.69) is 32.3 Å². The normalized spacial score (nSPS) is 21.2. The summed E-state index contributed by atoms with van der Waals surface area (Å²) >= 11 is 0. The Labute approximate surface area is 133 Å². The fourth-order valence-corrected chi connectivity index (χ4v) is 3.00. The van der Waals surface area contributed by atoms with Crippen LogP contribution in [0, 0.1) is 5.92 Å². The monoisotopic (exact) mass is 311 g/mol. The number of hydrogen-bond acceptors (Lipinski definition) is 6. The minimum atomic E-state index is 0.114. The van der Waals surface area contributed by atoms with Gasteiger partial charge in [0.25, 0.3) is 0 Å². The van der Waals surface area contributed by atoms with E-state index in [1.165, 1.54) is 0 Å². The molecule has 1 amide bonds. The van der Waals surface area contributed by atoms with Crippen molar-refractivity contribution in [3.63, 3.8) is 0 Å². The van der Waals surface area contributed by atoms with Gasteiger partial charge in [0.1, 0.15) is 0 Å². The van der Waals surface area contributed by atoms with Crippen molar-refractivity contribution in [3.8, 4) is 11.6 Å². The Balaban J connectivity index is 1.38. The Hall–Kier alpha value is -2.57. The summed E-state index contributed by atoms with van der Waals surface area (Å²) in [4.78, 5) is 26.8. The van der Waals surface area contributed by atoms with E-state index >= 15 is 0 Å². The molecular formula is C16H17N5O2. The third-order valence-electron chi connectivity index (χ3n) is 4.37. The number of amides is 1. The van der Waals surface area contributed by atoms with Crippen molar-refractivity contribution < 1.29 is 9.32 Å². The predicted octanol–water partition coefficient (Wildman–Crippen LogP) is 1.81. The molecule has 4 rings (SSSR count). The third kappa shape index (κ3) is 2.74. The van der Waals surface area contributed by atoms with E-state index in [9.17, 15) is 4.79 Å². The lowest BCUT2D eigenvalue weighted by Crippen LogP contribution is -2.50. The first kappa shape index (κ1) is 14.0. The Morgan fingerprint density at radius 3 is 2.74 bits per heavy atom. The summed E-state index contributed by atoms with van der Waals surface area (Å²) in [5.74, 6) is 1.89. The van der Waals surface area contributed by atoms with Gasteiger partial charge < -0.3 is 9.42 Å². The molecule has 1 unspecified atom stereocenters. The molecular weight excluding hydrogens is 294 g/mol. The lowest BCUT2D eigenvalue weighted by atomic mass is 9.90. The Kier molecular flexibility index (Phi) is 3.61. The topological polar surface area (TPSA) is 85.0 Å². The van der Waals surface area contributed by atoms with Crippen molar-refractivity contribution in [1.29, 1.82) is 0 Å². The average Bonchev–Trinajstić information content (AvgIpc) is 3.05. The fourth-order valence-electron chi connectivity index (χ4n) is 3.00. The number of nitrogens with zero attached hydrogens (tertiary/aromatic N) is 5. The SMILES string of the molecule is O=C(C1CC=CCC1)N1CC(c2nc(-c3ncccn3)no2)C1. The zero-order valence-electron chi connectivity index (χ0n) is 12.6. The zero-order chi connectivity index (χ0) is 15.6. The van der Waals surface area contributed by atoms with Crippen LogP contribution in [0.1, 0.15) is 31.1 Å². The van der Waals surface area contributed by atoms with Gasteiger partial charge in [-0.15, -0.1) is 0 Å². The molecule has 1 atom stereocenters. The van der Waals surface area contributed by atoms with Crippen LogP contribution in [0.4, 0.5) is 0 Å². The van der Waals surface area contributed by atoms with Crippen LogP contribution >= 0.6 is 0 Å². The summed E-state index contributed by atoms with van der Waals surface area (Å²) in [6, 6.07) is 1.74. The Morgan fingerprint density at radius 2 is 2.00 bits per heavy atom. The van der Waals surface area contributed by atoms with Crippen LogP contribution < -0.4 is 0 Å². The molecule has 1 saturated heterocycles.